The van der Waals surface area contributed by atoms with Crippen LogP contribution in [0.15, 0.2) is 24.3 Å². The van der Waals surface area contributed by atoms with E-state index in [-0.39, 0.29) is 12.0 Å². The van der Waals surface area contributed by atoms with E-state index >= 15 is 0 Å². The minimum Gasteiger partial charge on any atom is -0.464 e. The van der Waals surface area contributed by atoms with Gasteiger partial charge < -0.3 is 10.1 Å². The third kappa shape index (κ3) is 3.33. The number of hydrazine groups is 1. The zero-order valence-corrected chi connectivity index (χ0v) is 11.6. The van der Waals surface area contributed by atoms with Gasteiger partial charge in [0.25, 0.3) is 0 Å². The van der Waals surface area contributed by atoms with Crippen molar-refractivity contribution in [3.8, 4) is 6.01 Å². The number of nitrogens with two attached hydrogens (primary N) is 1. The quantitative estimate of drug-likeness (QED) is 0.546. The van der Waals surface area contributed by atoms with E-state index in [9.17, 15) is 0 Å². The van der Waals surface area contributed by atoms with Crippen LogP contribution in [0.4, 0.5) is 17.6 Å². The number of aryl methyl sites for hydroxylation is 1. The molecule has 4 N–H and O–H groups in total. The smallest absolute Gasteiger partial charge is 0.323 e. The van der Waals surface area contributed by atoms with E-state index in [0.29, 0.717) is 12.6 Å². The Kier molecular flexibility index (Phi) is 4.67. The highest BCUT2D eigenvalue weighted by molar-refractivity contribution is 5.59. The molecule has 7 heteroatoms. The molecule has 2 rings (SSSR count). The Morgan fingerprint density at radius 3 is 2.55 bits per heavy atom. The summed E-state index contributed by atoms with van der Waals surface area (Å²) >= 11 is 0. The molecule has 0 bridgehead atoms. The lowest BCUT2D eigenvalue weighted by Gasteiger charge is -2.11. The molecule has 0 spiro atoms. The Morgan fingerprint density at radius 1 is 1.10 bits per heavy atom. The number of anilines is 3. The zero-order valence-electron chi connectivity index (χ0n) is 11.6. The lowest BCUT2D eigenvalue weighted by molar-refractivity contribution is 0.312. The van der Waals surface area contributed by atoms with Crippen LogP contribution in [-0.4, -0.2) is 21.6 Å². The summed E-state index contributed by atoms with van der Waals surface area (Å²) in [6, 6.07) is 8.20. The summed E-state index contributed by atoms with van der Waals surface area (Å²) in [6.07, 6.45) is 0.911. The molecule has 0 saturated carbocycles. The summed E-state index contributed by atoms with van der Waals surface area (Å²) in [4.78, 5) is 12.4. The van der Waals surface area contributed by atoms with Gasteiger partial charge in [-0.3, -0.25) is 5.43 Å². The molecule has 2 aromatic rings. The van der Waals surface area contributed by atoms with Crippen LogP contribution in [0.2, 0.25) is 0 Å². The Bertz CT molecular complexity index is 575. The highest BCUT2D eigenvalue weighted by atomic mass is 16.5. The molecule has 0 saturated heterocycles. The van der Waals surface area contributed by atoms with E-state index in [4.69, 9.17) is 10.6 Å². The maximum atomic E-state index is 5.35. The first-order valence-electron chi connectivity index (χ1n) is 6.47. The van der Waals surface area contributed by atoms with Crippen molar-refractivity contribution < 1.29 is 4.74 Å². The number of rotatable bonds is 6. The molecule has 1 heterocycles. The molecule has 0 aliphatic heterocycles. The van der Waals surface area contributed by atoms with Crippen molar-refractivity contribution in [3.05, 3.63) is 29.8 Å². The molecule has 0 unspecified atom stereocenters. The second-order valence-corrected chi connectivity index (χ2v) is 3.98. The van der Waals surface area contributed by atoms with Gasteiger partial charge in [-0.25, -0.2) is 5.84 Å². The van der Waals surface area contributed by atoms with Crippen LogP contribution < -0.4 is 21.3 Å². The fraction of sp³-hybridized carbons (Fsp3) is 0.308. The third-order valence-electron chi connectivity index (χ3n) is 2.66. The van der Waals surface area contributed by atoms with E-state index in [0.717, 1.165) is 12.1 Å². The summed E-state index contributed by atoms with van der Waals surface area (Å²) < 4.78 is 5.29. The fourth-order valence-electron chi connectivity index (χ4n) is 1.74. The minimum absolute atomic E-state index is 0.229. The van der Waals surface area contributed by atoms with Crippen molar-refractivity contribution in [1.82, 2.24) is 15.0 Å². The van der Waals surface area contributed by atoms with Gasteiger partial charge in [0.1, 0.15) is 0 Å². The van der Waals surface area contributed by atoms with Crippen LogP contribution in [0.3, 0.4) is 0 Å². The number of benzene rings is 1. The number of hydrogen-bond acceptors (Lipinski definition) is 7. The Hall–Kier alpha value is -2.41. The van der Waals surface area contributed by atoms with Crippen molar-refractivity contribution in [3.63, 3.8) is 0 Å². The van der Waals surface area contributed by atoms with Crippen LogP contribution in [-0.2, 0) is 6.42 Å². The van der Waals surface area contributed by atoms with Gasteiger partial charge in [0.05, 0.1) is 6.61 Å². The molecule has 7 nitrogen and oxygen atoms in total. The number of ether oxygens (including phenoxy) is 1. The van der Waals surface area contributed by atoms with E-state index in [1.807, 2.05) is 25.1 Å². The largest absolute Gasteiger partial charge is 0.464 e. The molecule has 0 radical (unpaired) electrons. The van der Waals surface area contributed by atoms with Crippen molar-refractivity contribution in [2.75, 3.05) is 17.3 Å². The van der Waals surface area contributed by atoms with Crippen molar-refractivity contribution in [2.24, 2.45) is 5.84 Å². The summed E-state index contributed by atoms with van der Waals surface area (Å²) in [5.41, 5.74) is 4.52. The molecule has 0 aliphatic rings. The maximum absolute atomic E-state index is 5.35. The lowest BCUT2D eigenvalue weighted by atomic mass is 10.1. The number of nitrogens with one attached hydrogen (secondary N) is 2. The third-order valence-corrected chi connectivity index (χ3v) is 2.66. The minimum atomic E-state index is 0.229. The summed E-state index contributed by atoms with van der Waals surface area (Å²) in [6.45, 7) is 4.42. The van der Waals surface area contributed by atoms with Crippen LogP contribution in [0.25, 0.3) is 0 Å². The molecule has 0 atom stereocenters. The summed E-state index contributed by atoms with van der Waals surface area (Å²) in [5.74, 6) is 5.98. The maximum Gasteiger partial charge on any atom is 0.323 e. The van der Waals surface area contributed by atoms with E-state index in [1.54, 1.807) is 0 Å². The monoisotopic (exact) mass is 274 g/mol. The Morgan fingerprint density at radius 2 is 1.85 bits per heavy atom. The van der Waals surface area contributed by atoms with Crippen LogP contribution >= 0.6 is 0 Å². The van der Waals surface area contributed by atoms with Gasteiger partial charge in [0.2, 0.25) is 11.9 Å². The molecule has 20 heavy (non-hydrogen) atoms. The molecule has 1 aromatic carbocycles. The van der Waals surface area contributed by atoms with Crippen LogP contribution in [0.5, 0.6) is 6.01 Å². The van der Waals surface area contributed by atoms with Crippen molar-refractivity contribution in [2.45, 2.75) is 20.3 Å². The van der Waals surface area contributed by atoms with E-state index < -0.39 is 0 Å². The molecule has 0 fully saturated rings. The van der Waals surface area contributed by atoms with Gasteiger partial charge in [-0.05, 0) is 25.0 Å². The SMILES string of the molecule is CCOc1nc(NN)nc(Nc2ccccc2CC)n1. The molecule has 0 aliphatic carbocycles. The zero-order chi connectivity index (χ0) is 14.4. The van der Waals surface area contributed by atoms with Crippen molar-refractivity contribution in [1.29, 1.82) is 0 Å². The van der Waals surface area contributed by atoms with Gasteiger partial charge in [0, 0.05) is 5.69 Å². The first-order valence-corrected chi connectivity index (χ1v) is 6.47. The molecular weight excluding hydrogens is 256 g/mol. The van der Waals surface area contributed by atoms with Gasteiger partial charge in [-0.15, -0.1) is 0 Å². The standard InChI is InChI=1S/C13H18N6O/c1-3-9-7-5-6-8-10(9)15-11-16-12(19-14)18-13(17-11)20-4-2/h5-8H,3-4,14H2,1-2H3,(H2,15,16,17,18,19). The highest BCUT2D eigenvalue weighted by Crippen LogP contribution is 2.20. The van der Waals surface area contributed by atoms with Crippen LogP contribution in [0.1, 0.15) is 19.4 Å². The average Bonchev–Trinajstić information content (AvgIpc) is 2.48. The Labute approximate surface area is 117 Å². The first kappa shape index (κ1) is 14.0. The first-order chi connectivity index (χ1) is 9.76. The second-order valence-electron chi connectivity index (χ2n) is 3.98. The molecule has 1 aromatic heterocycles. The highest BCUT2D eigenvalue weighted by Gasteiger charge is 2.08. The second kappa shape index (κ2) is 6.67. The number of nitrogens with zero attached hydrogens (tertiary/aromatic N) is 3. The number of hydrogen-bond donors (Lipinski definition) is 3. The predicted octanol–water partition coefficient (Wildman–Crippen LogP) is 1.86. The summed E-state index contributed by atoms with van der Waals surface area (Å²) in [7, 11) is 0. The van der Waals surface area contributed by atoms with E-state index in [2.05, 4.69) is 38.7 Å². The number of para-hydroxylation sites is 1. The average molecular weight is 274 g/mol. The molecule has 106 valence electrons. The van der Waals surface area contributed by atoms with Gasteiger partial charge in [-0.1, -0.05) is 25.1 Å². The normalized spacial score (nSPS) is 10.2. The number of nitrogen functional groups attached to an aromatic ring is 1. The van der Waals surface area contributed by atoms with Gasteiger partial charge in [-0.2, -0.15) is 15.0 Å². The van der Waals surface area contributed by atoms with Crippen LogP contribution in [0, 0.1) is 0 Å². The molecule has 0 amide bonds. The van der Waals surface area contributed by atoms with Crippen molar-refractivity contribution >= 4 is 17.6 Å². The Balaban J connectivity index is 2.30. The lowest BCUT2D eigenvalue weighted by Crippen LogP contribution is -2.13. The fourth-order valence-corrected chi connectivity index (χ4v) is 1.74. The predicted molar refractivity (Wildman–Crippen MR) is 77.9 cm³/mol. The van der Waals surface area contributed by atoms with Gasteiger partial charge in [0.15, 0.2) is 0 Å². The van der Waals surface area contributed by atoms with Gasteiger partial charge >= 0.3 is 6.01 Å². The number of aromatic nitrogens is 3. The summed E-state index contributed by atoms with van der Waals surface area (Å²) in [5, 5.41) is 3.16. The van der Waals surface area contributed by atoms with E-state index in [1.165, 1.54) is 5.56 Å². The topological polar surface area (TPSA) is 98.0 Å². The molecular formula is C13H18N6O.